The number of hydrogen-bond acceptors (Lipinski definition) is 9. The standard InChI is InChI=1S/C23H31FN2O7P2/c1-15-16(2)31-34(27,30-15)23(35(28)32-17(3)18(4)33-35)19-9-10-21(20(24)14-19)29-13-12-26(5)22-8-6-7-11-25-22/h6-11,14-18,23H,12-13H2,1-5H3/t15-,16+,17-,18+,23?,34?,35?. The second-order valence-electron chi connectivity index (χ2n) is 8.84. The van der Waals surface area contributed by atoms with Crippen molar-refractivity contribution in [2.24, 2.45) is 0 Å². The third-order valence-corrected chi connectivity index (χ3v) is 12.1. The van der Waals surface area contributed by atoms with E-state index in [1.54, 1.807) is 33.9 Å². The van der Waals surface area contributed by atoms with Gasteiger partial charge in [0, 0.05) is 13.2 Å². The van der Waals surface area contributed by atoms with Crippen LogP contribution in [0.3, 0.4) is 0 Å². The summed E-state index contributed by atoms with van der Waals surface area (Å²) in [6.07, 6.45) is -0.324. The molecule has 3 heterocycles. The largest absolute Gasteiger partial charge is 0.489 e. The lowest BCUT2D eigenvalue weighted by atomic mass is 10.2. The highest BCUT2D eigenvalue weighted by Gasteiger charge is 2.60. The minimum atomic E-state index is -4.02. The van der Waals surface area contributed by atoms with Gasteiger partial charge in [0.15, 0.2) is 17.0 Å². The van der Waals surface area contributed by atoms with Gasteiger partial charge in [-0.15, -0.1) is 0 Å². The van der Waals surface area contributed by atoms with Crippen molar-refractivity contribution in [1.82, 2.24) is 4.98 Å². The van der Waals surface area contributed by atoms with Crippen molar-refractivity contribution in [3.8, 4) is 5.75 Å². The van der Waals surface area contributed by atoms with Gasteiger partial charge in [0.2, 0.25) is 0 Å². The minimum absolute atomic E-state index is 0.00322. The second kappa shape index (κ2) is 10.3. The molecule has 192 valence electrons. The Morgan fingerprint density at radius 3 is 2.03 bits per heavy atom. The van der Waals surface area contributed by atoms with Crippen LogP contribution in [0.25, 0.3) is 0 Å². The summed E-state index contributed by atoms with van der Waals surface area (Å²) in [7, 11) is -6.18. The predicted molar refractivity (Wildman–Crippen MR) is 130 cm³/mol. The first-order valence-corrected chi connectivity index (χ1v) is 14.7. The van der Waals surface area contributed by atoms with Crippen LogP contribution in [-0.4, -0.2) is 49.6 Å². The summed E-state index contributed by atoms with van der Waals surface area (Å²) < 4.78 is 70.9. The normalized spacial score (nSPS) is 33.5. The van der Waals surface area contributed by atoms with E-state index in [9.17, 15) is 9.13 Å². The third-order valence-electron chi connectivity index (χ3n) is 6.15. The van der Waals surface area contributed by atoms with E-state index in [2.05, 4.69) is 4.98 Å². The van der Waals surface area contributed by atoms with Crippen molar-refractivity contribution in [2.75, 3.05) is 25.1 Å². The number of anilines is 1. The minimum Gasteiger partial charge on any atom is -0.489 e. The van der Waals surface area contributed by atoms with Crippen LogP contribution in [0.2, 0.25) is 0 Å². The maximum Gasteiger partial charge on any atom is 0.350 e. The summed E-state index contributed by atoms with van der Waals surface area (Å²) in [4.78, 5) is 6.14. The van der Waals surface area contributed by atoms with Gasteiger partial charge in [0.05, 0.1) is 31.0 Å². The van der Waals surface area contributed by atoms with Crippen LogP contribution in [0, 0.1) is 5.82 Å². The molecule has 0 amide bonds. The Morgan fingerprint density at radius 1 is 0.971 bits per heavy atom. The Kier molecular flexibility index (Phi) is 7.72. The van der Waals surface area contributed by atoms with Crippen molar-refractivity contribution >= 4 is 21.0 Å². The summed E-state index contributed by atoms with van der Waals surface area (Å²) in [5.74, 6) is 0.0690. The molecule has 0 N–H and O–H groups in total. The van der Waals surface area contributed by atoms with Crippen molar-refractivity contribution < 1.29 is 36.4 Å². The van der Waals surface area contributed by atoms with Gasteiger partial charge in [-0.3, -0.25) is 9.13 Å². The van der Waals surface area contributed by atoms with E-state index in [0.29, 0.717) is 6.54 Å². The molecule has 0 radical (unpaired) electrons. The number of rotatable bonds is 8. The van der Waals surface area contributed by atoms with Gasteiger partial charge in [0.1, 0.15) is 12.4 Å². The van der Waals surface area contributed by atoms with E-state index in [0.717, 1.165) is 11.9 Å². The highest BCUT2D eigenvalue weighted by Crippen LogP contribution is 2.82. The molecule has 1 aromatic heterocycles. The van der Waals surface area contributed by atoms with Crippen molar-refractivity contribution in [3.63, 3.8) is 0 Å². The van der Waals surface area contributed by atoms with Crippen LogP contribution in [-0.2, 0) is 27.2 Å². The molecule has 35 heavy (non-hydrogen) atoms. The molecule has 0 aliphatic carbocycles. The molecule has 4 rings (SSSR count). The van der Waals surface area contributed by atoms with Gasteiger partial charge < -0.3 is 27.7 Å². The summed E-state index contributed by atoms with van der Waals surface area (Å²) in [6.45, 7) is 7.50. The summed E-state index contributed by atoms with van der Waals surface area (Å²) in [6, 6.07) is 9.59. The fourth-order valence-corrected chi connectivity index (χ4v) is 10.1. The van der Waals surface area contributed by atoms with Crippen LogP contribution >= 0.6 is 15.2 Å². The average Bonchev–Trinajstić information content (AvgIpc) is 3.22. The number of halogens is 1. The molecular weight excluding hydrogens is 497 g/mol. The molecule has 2 fully saturated rings. The molecule has 0 saturated carbocycles. The first-order valence-electron chi connectivity index (χ1n) is 11.5. The summed E-state index contributed by atoms with van der Waals surface area (Å²) >= 11 is 0. The molecular formula is C23H31FN2O7P2. The maximum atomic E-state index is 15.1. The second-order valence-corrected chi connectivity index (χ2v) is 13.3. The van der Waals surface area contributed by atoms with Crippen LogP contribution in [0.4, 0.5) is 10.2 Å². The fraction of sp³-hybridized carbons (Fsp3) is 0.522. The van der Waals surface area contributed by atoms with Gasteiger partial charge >= 0.3 is 15.2 Å². The van der Waals surface area contributed by atoms with Crippen LogP contribution in [0.1, 0.15) is 38.7 Å². The monoisotopic (exact) mass is 528 g/mol. The highest BCUT2D eigenvalue weighted by atomic mass is 31.2. The predicted octanol–water partition coefficient (Wildman–Crippen LogP) is 5.77. The number of ether oxygens (including phenoxy) is 1. The molecule has 0 bridgehead atoms. The summed E-state index contributed by atoms with van der Waals surface area (Å²) in [5.41, 5.74) is 0.134. The van der Waals surface area contributed by atoms with Crippen LogP contribution < -0.4 is 9.64 Å². The fourth-order valence-electron chi connectivity index (χ4n) is 3.87. The maximum absolute atomic E-state index is 15.1. The van der Waals surface area contributed by atoms with E-state index < -0.39 is 50.8 Å². The lowest BCUT2D eigenvalue weighted by Gasteiger charge is -2.26. The lowest BCUT2D eigenvalue weighted by molar-refractivity contribution is 0.187. The Labute approximate surface area is 204 Å². The molecule has 2 aliphatic rings. The lowest BCUT2D eigenvalue weighted by Crippen LogP contribution is -2.24. The molecule has 1 aromatic carbocycles. The van der Waals surface area contributed by atoms with Crippen molar-refractivity contribution in [3.05, 3.63) is 54.0 Å². The Bertz CT molecular complexity index is 1070. The first-order chi connectivity index (χ1) is 16.5. The van der Waals surface area contributed by atoms with Gasteiger partial charge in [0.25, 0.3) is 0 Å². The zero-order valence-electron chi connectivity index (χ0n) is 20.4. The molecule has 9 nitrogen and oxygen atoms in total. The number of nitrogens with zero attached hydrogens (tertiary/aromatic N) is 2. The van der Waals surface area contributed by atoms with Crippen molar-refractivity contribution in [1.29, 1.82) is 0 Å². The average molecular weight is 528 g/mol. The Hall–Kier alpha value is -1.80. The van der Waals surface area contributed by atoms with Gasteiger partial charge in [-0.25, -0.2) is 9.37 Å². The Morgan fingerprint density at radius 2 is 1.54 bits per heavy atom. The molecule has 6 atom stereocenters. The number of pyridine rings is 1. The topological polar surface area (TPSA) is 96.4 Å². The Balaban J connectivity index is 1.55. The van der Waals surface area contributed by atoms with Crippen molar-refractivity contribution in [2.45, 2.75) is 57.5 Å². The van der Waals surface area contributed by atoms with Gasteiger partial charge in [-0.1, -0.05) is 12.1 Å². The number of benzene rings is 1. The smallest absolute Gasteiger partial charge is 0.350 e. The number of aromatic nitrogens is 1. The highest BCUT2D eigenvalue weighted by molar-refractivity contribution is 7.72. The first kappa shape index (κ1) is 26.3. The van der Waals surface area contributed by atoms with Gasteiger partial charge in [-0.05, 0) is 57.5 Å². The number of hydrogen-bond donors (Lipinski definition) is 0. The summed E-state index contributed by atoms with van der Waals surface area (Å²) in [5, 5.41) is -1.42. The molecule has 2 aromatic rings. The van der Waals surface area contributed by atoms with E-state index in [1.165, 1.54) is 12.1 Å². The molecule has 12 heteroatoms. The van der Waals surface area contributed by atoms with Gasteiger partial charge in [-0.2, -0.15) is 0 Å². The third kappa shape index (κ3) is 5.48. The van der Waals surface area contributed by atoms with Crippen LogP contribution in [0.5, 0.6) is 5.75 Å². The molecule has 2 aliphatic heterocycles. The molecule has 0 spiro atoms. The zero-order chi connectivity index (χ0) is 25.4. The number of likely N-dealkylation sites (N-methyl/N-ethyl adjacent to an activating group) is 1. The SMILES string of the molecule is C[C@@H]1OP(=O)(C(c2ccc(OCCN(C)c3ccccn3)c(F)c2)P2(=O)O[C@@H](C)[C@@H](C)O2)O[C@@H]1C. The van der Waals surface area contributed by atoms with Crippen LogP contribution in [0.15, 0.2) is 42.6 Å². The van der Waals surface area contributed by atoms with E-state index in [-0.39, 0.29) is 17.9 Å². The zero-order valence-corrected chi connectivity index (χ0v) is 22.2. The molecule has 2 unspecified atom stereocenters. The van der Waals surface area contributed by atoms with E-state index in [1.807, 2.05) is 30.1 Å². The quantitative estimate of drug-likeness (QED) is 0.396. The molecule has 2 saturated heterocycles. The van der Waals surface area contributed by atoms with E-state index in [4.69, 9.17) is 22.8 Å². The van der Waals surface area contributed by atoms with E-state index >= 15 is 4.39 Å².